The van der Waals surface area contributed by atoms with Crippen molar-refractivity contribution < 1.29 is 14.3 Å². The van der Waals surface area contributed by atoms with Crippen molar-refractivity contribution in [3.8, 4) is 0 Å². The first-order valence-electron chi connectivity index (χ1n) is 5.74. The van der Waals surface area contributed by atoms with Gasteiger partial charge in [0.05, 0.1) is 13.2 Å². The molecule has 5 heteroatoms. The summed E-state index contributed by atoms with van der Waals surface area (Å²) in [7, 11) is 1.28. The maximum atomic E-state index is 11.9. The Morgan fingerprint density at radius 2 is 1.67 bits per heavy atom. The minimum absolute atomic E-state index is 0.146. The molecule has 4 N–H and O–H groups in total. The zero-order chi connectivity index (χ0) is 13.5. The molecule has 0 radical (unpaired) electrons. The number of benzene rings is 1. The summed E-state index contributed by atoms with van der Waals surface area (Å²) in [4.78, 5) is 23.0. The molecule has 2 atom stereocenters. The van der Waals surface area contributed by atoms with Crippen molar-refractivity contribution in [2.75, 3.05) is 7.11 Å². The van der Waals surface area contributed by atoms with Crippen molar-refractivity contribution in [1.82, 2.24) is 0 Å². The molecule has 1 rings (SSSR count). The number of hydrogen-bond donors (Lipinski definition) is 2. The third-order valence-corrected chi connectivity index (χ3v) is 2.69. The Morgan fingerprint density at radius 3 is 2.22 bits per heavy atom. The van der Waals surface area contributed by atoms with Crippen LogP contribution in [0.1, 0.15) is 23.2 Å². The first kappa shape index (κ1) is 14.3. The van der Waals surface area contributed by atoms with Gasteiger partial charge in [-0.3, -0.25) is 9.59 Å². The summed E-state index contributed by atoms with van der Waals surface area (Å²) >= 11 is 0. The van der Waals surface area contributed by atoms with E-state index in [0.717, 1.165) is 0 Å². The van der Waals surface area contributed by atoms with E-state index in [1.54, 1.807) is 24.3 Å². The fraction of sp³-hybridized carbons (Fsp3) is 0.385. The smallest absolute Gasteiger partial charge is 0.322 e. The normalized spacial score (nSPS) is 13.7. The van der Waals surface area contributed by atoms with E-state index in [0.29, 0.717) is 18.4 Å². The van der Waals surface area contributed by atoms with Crippen LogP contribution in [0.4, 0.5) is 0 Å². The number of ketones is 1. The zero-order valence-electron chi connectivity index (χ0n) is 10.3. The van der Waals surface area contributed by atoms with Gasteiger partial charge in [-0.1, -0.05) is 30.3 Å². The summed E-state index contributed by atoms with van der Waals surface area (Å²) in [6.07, 6.45) is 0.677. The highest BCUT2D eigenvalue weighted by Gasteiger charge is 2.19. The Hall–Kier alpha value is -1.72. The van der Waals surface area contributed by atoms with Gasteiger partial charge in [-0.2, -0.15) is 0 Å². The molecule has 0 amide bonds. The van der Waals surface area contributed by atoms with E-state index in [1.165, 1.54) is 7.11 Å². The molecular weight excluding hydrogens is 232 g/mol. The number of ether oxygens (including phenoxy) is 1. The minimum Gasteiger partial charge on any atom is -0.468 e. The number of Topliss-reactive ketones (excluding diaryl/α,β-unsaturated/α-hetero) is 1. The third kappa shape index (κ3) is 3.94. The first-order chi connectivity index (χ1) is 8.56. The van der Waals surface area contributed by atoms with Crippen LogP contribution in [-0.2, 0) is 9.53 Å². The topological polar surface area (TPSA) is 95.4 Å². The van der Waals surface area contributed by atoms with Crippen LogP contribution in [-0.4, -0.2) is 30.9 Å². The summed E-state index contributed by atoms with van der Waals surface area (Å²) in [5, 5.41) is 0. The summed E-state index contributed by atoms with van der Waals surface area (Å²) in [6, 6.07) is 7.42. The molecular formula is C13H18N2O3. The molecule has 0 bridgehead atoms. The molecule has 0 aliphatic carbocycles. The lowest BCUT2D eigenvalue weighted by atomic mass is 9.99. The van der Waals surface area contributed by atoms with E-state index < -0.39 is 18.1 Å². The third-order valence-electron chi connectivity index (χ3n) is 2.69. The standard InChI is InChI=1S/C13H18N2O3/c1-18-13(17)11(15)8-7-10(14)12(16)9-5-3-2-4-6-9/h2-6,10-11H,7-8,14-15H2,1H3/t10?,11-/m0/s1. The van der Waals surface area contributed by atoms with Crippen molar-refractivity contribution in [2.45, 2.75) is 24.9 Å². The molecule has 0 fully saturated rings. The zero-order valence-corrected chi connectivity index (χ0v) is 10.3. The van der Waals surface area contributed by atoms with E-state index in [9.17, 15) is 9.59 Å². The molecule has 0 saturated heterocycles. The lowest BCUT2D eigenvalue weighted by Crippen LogP contribution is -2.36. The minimum atomic E-state index is -0.732. The lowest BCUT2D eigenvalue weighted by molar-refractivity contribution is -0.142. The molecule has 98 valence electrons. The second kappa shape index (κ2) is 6.88. The molecule has 0 saturated carbocycles. The molecule has 0 aliphatic rings. The van der Waals surface area contributed by atoms with Gasteiger partial charge in [0.25, 0.3) is 0 Å². The van der Waals surface area contributed by atoms with Crippen molar-refractivity contribution >= 4 is 11.8 Å². The van der Waals surface area contributed by atoms with Crippen LogP contribution in [0.5, 0.6) is 0 Å². The summed E-state index contributed by atoms with van der Waals surface area (Å²) in [5.41, 5.74) is 11.9. The molecule has 18 heavy (non-hydrogen) atoms. The van der Waals surface area contributed by atoms with Crippen LogP contribution >= 0.6 is 0 Å². The Morgan fingerprint density at radius 1 is 1.11 bits per heavy atom. The quantitative estimate of drug-likeness (QED) is 0.565. The Bertz CT molecular complexity index is 406. The van der Waals surface area contributed by atoms with E-state index >= 15 is 0 Å². The molecule has 0 spiro atoms. The van der Waals surface area contributed by atoms with Crippen molar-refractivity contribution in [3.05, 3.63) is 35.9 Å². The monoisotopic (exact) mass is 250 g/mol. The molecule has 5 nitrogen and oxygen atoms in total. The average Bonchev–Trinajstić information content (AvgIpc) is 2.43. The predicted octanol–water partition coefficient (Wildman–Crippen LogP) is 0.477. The highest BCUT2D eigenvalue weighted by atomic mass is 16.5. The molecule has 1 unspecified atom stereocenters. The van der Waals surface area contributed by atoms with Gasteiger partial charge in [0, 0.05) is 5.56 Å². The largest absolute Gasteiger partial charge is 0.468 e. The van der Waals surface area contributed by atoms with E-state index in [-0.39, 0.29) is 5.78 Å². The van der Waals surface area contributed by atoms with Crippen LogP contribution in [0.3, 0.4) is 0 Å². The Labute approximate surface area is 106 Å². The molecule has 0 aliphatic heterocycles. The van der Waals surface area contributed by atoms with Crippen LogP contribution in [0.25, 0.3) is 0 Å². The number of esters is 1. The van der Waals surface area contributed by atoms with Gasteiger partial charge in [-0.25, -0.2) is 0 Å². The van der Waals surface area contributed by atoms with Crippen LogP contribution in [0.2, 0.25) is 0 Å². The summed E-state index contributed by atoms with van der Waals surface area (Å²) in [5.74, 6) is -0.637. The Balaban J connectivity index is 2.49. The maximum Gasteiger partial charge on any atom is 0.322 e. The van der Waals surface area contributed by atoms with E-state index in [1.807, 2.05) is 6.07 Å². The summed E-state index contributed by atoms with van der Waals surface area (Å²) in [6.45, 7) is 0. The second-order valence-electron chi connectivity index (χ2n) is 4.04. The fourth-order valence-corrected chi connectivity index (χ4v) is 1.58. The lowest BCUT2D eigenvalue weighted by Gasteiger charge is -2.13. The molecule has 0 aromatic heterocycles. The fourth-order valence-electron chi connectivity index (χ4n) is 1.58. The van der Waals surface area contributed by atoms with Gasteiger partial charge in [0.1, 0.15) is 6.04 Å². The molecule has 1 aromatic carbocycles. The van der Waals surface area contributed by atoms with Crippen LogP contribution in [0, 0.1) is 0 Å². The second-order valence-corrected chi connectivity index (χ2v) is 4.04. The van der Waals surface area contributed by atoms with Gasteiger partial charge >= 0.3 is 5.97 Å². The highest BCUT2D eigenvalue weighted by molar-refractivity contribution is 5.99. The number of methoxy groups -OCH3 is 1. The van der Waals surface area contributed by atoms with Crippen LogP contribution in [0.15, 0.2) is 30.3 Å². The van der Waals surface area contributed by atoms with Gasteiger partial charge < -0.3 is 16.2 Å². The number of carbonyl (C=O) groups excluding carboxylic acids is 2. The average molecular weight is 250 g/mol. The van der Waals surface area contributed by atoms with Gasteiger partial charge in [-0.05, 0) is 12.8 Å². The number of nitrogens with two attached hydrogens (primary N) is 2. The highest BCUT2D eigenvalue weighted by Crippen LogP contribution is 2.07. The van der Waals surface area contributed by atoms with Crippen molar-refractivity contribution in [3.63, 3.8) is 0 Å². The van der Waals surface area contributed by atoms with Crippen LogP contribution < -0.4 is 11.5 Å². The van der Waals surface area contributed by atoms with Crippen molar-refractivity contribution in [1.29, 1.82) is 0 Å². The molecule has 1 aromatic rings. The van der Waals surface area contributed by atoms with E-state index in [4.69, 9.17) is 11.5 Å². The first-order valence-corrected chi connectivity index (χ1v) is 5.74. The van der Waals surface area contributed by atoms with E-state index in [2.05, 4.69) is 4.74 Å². The predicted molar refractivity (Wildman–Crippen MR) is 68.0 cm³/mol. The maximum absolute atomic E-state index is 11.9. The number of carbonyl (C=O) groups is 2. The summed E-state index contributed by atoms with van der Waals surface area (Å²) < 4.78 is 4.50. The van der Waals surface area contributed by atoms with Gasteiger partial charge in [0.15, 0.2) is 5.78 Å². The SMILES string of the molecule is COC(=O)[C@@H](N)CCC(N)C(=O)c1ccccc1. The van der Waals surface area contributed by atoms with Crippen molar-refractivity contribution in [2.24, 2.45) is 11.5 Å². The number of hydrogen-bond acceptors (Lipinski definition) is 5. The van der Waals surface area contributed by atoms with Gasteiger partial charge in [-0.15, -0.1) is 0 Å². The Kier molecular flexibility index (Phi) is 5.48. The number of rotatable bonds is 6. The van der Waals surface area contributed by atoms with Gasteiger partial charge in [0.2, 0.25) is 0 Å². The molecule has 0 heterocycles.